The number of aliphatic hydroxyl groups excluding tert-OH is 3. The maximum atomic E-state index is 10.1. The van der Waals surface area contributed by atoms with Crippen molar-refractivity contribution in [1.82, 2.24) is 0 Å². The molecule has 3 rings (SSSR count). The van der Waals surface area contributed by atoms with Crippen molar-refractivity contribution in [3.63, 3.8) is 0 Å². The van der Waals surface area contributed by atoms with Crippen LogP contribution < -0.4 is 9.47 Å². The summed E-state index contributed by atoms with van der Waals surface area (Å²) in [5.41, 5.74) is 1.11. The molecule has 1 fully saturated rings. The second kappa shape index (κ2) is 8.16. The third-order valence-electron chi connectivity index (χ3n) is 4.19. The molecule has 1 aliphatic rings. The first kappa shape index (κ1) is 18.2. The fraction of sp³-hybridized carbons (Fsp3) is 0.444. The number of thiophene rings is 1. The maximum Gasteiger partial charge on any atom is 0.226 e. The Morgan fingerprint density at radius 2 is 1.92 bits per heavy atom. The zero-order valence-corrected chi connectivity index (χ0v) is 14.7. The molecule has 25 heavy (non-hydrogen) atoms. The van der Waals surface area contributed by atoms with E-state index in [1.54, 1.807) is 18.4 Å². The molecule has 1 aliphatic heterocycles. The molecular formula is C18H22O6S. The first-order valence-corrected chi connectivity index (χ1v) is 8.97. The van der Waals surface area contributed by atoms with Crippen LogP contribution in [0.4, 0.5) is 0 Å². The molecule has 4 atom stereocenters. The highest BCUT2D eigenvalue weighted by molar-refractivity contribution is 7.10. The highest BCUT2D eigenvalue weighted by Gasteiger charge is 2.37. The van der Waals surface area contributed by atoms with Gasteiger partial charge in [-0.1, -0.05) is 12.1 Å². The van der Waals surface area contributed by atoms with Gasteiger partial charge in [-0.3, -0.25) is 0 Å². The molecule has 2 aromatic rings. The molecule has 1 aromatic heterocycles. The minimum Gasteiger partial charge on any atom is -0.497 e. The zero-order valence-electron chi connectivity index (χ0n) is 13.9. The minimum atomic E-state index is -0.952. The largest absolute Gasteiger partial charge is 0.497 e. The van der Waals surface area contributed by atoms with Crippen LogP contribution in [-0.4, -0.2) is 53.6 Å². The van der Waals surface area contributed by atoms with Gasteiger partial charge in [0.1, 0.15) is 23.7 Å². The molecule has 1 unspecified atom stereocenters. The van der Waals surface area contributed by atoms with Crippen molar-refractivity contribution in [2.24, 2.45) is 0 Å². The van der Waals surface area contributed by atoms with E-state index in [4.69, 9.17) is 14.2 Å². The van der Waals surface area contributed by atoms with E-state index in [0.717, 1.165) is 16.2 Å². The number of methoxy groups -OCH3 is 1. The van der Waals surface area contributed by atoms with Gasteiger partial charge < -0.3 is 29.5 Å². The Balaban J connectivity index is 1.68. The average Bonchev–Trinajstić information content (AvgIpc) is 3.04. The minimum absolute atomic E-state index is 0.105. The summed E-state index contributed by atoms with van der Waals surface area (Å²) in [6, 6.07) is 9.63. The SMILES string of the molecule is COc1ccc(Cc2sccc2OC2O[C@H](CO)[C@H](O)C[C@@H]2O)cc1. The van der Waals surface area contributed by atoms with Crippen molar-refractivity contribution >= 4 is 11.3 Å². The highest BCUT2D eigenvalue weighted by Crippen LogP contribution is 2.31. The Bertz CT molecular complexity index is 670. The van der Waals surface area contributed by atoms with Crippen LogP contribution in [0.25, 0.3) is 0 Å². The molecule has 0 bridgehead atoms. The van der Waals surface area contributed by atoms with E-state index >= 15 is 0 Å². The van der Waals surface area contributed by atoms with Crippen LogP contribution in [0.3, 0.4) is 0 Å². The molecule has 7 heteroatoms. The van der Waals surface area contributed by atoms with Gasteiger partial charge in [-0.25, -0.2) is 0 Å². The van der Waals surface area contributed by atoms with Gasteiger partial charge in [0.15, 0.2) is 0 Å². The van der Waals surface area contributed by atoms with Gasteiger partial charge in [0.25, 0.3) is 0 Å². The summed E-state index contributed by atoms with van der Waals surface area (Å²) in [5.74, 6) is 1.44. The van der Waals surface area contributed by atoms with Crippen molar-refractivity contribution in [2.75, 3.05) is 13.7 Å². The molecule has 2 heterocycles. The number of benzene rings is 1. The molecule has 3 N–H and O–H groups in total. The molecular weight excluding hydrogens is 344 g/mol. The number of hydrogen-bond donors (Lipinski definition) is 3. The number of aliphatic hydroxyl groups is 3. The molecule has 0 aliphatic carbocycles. The third-order valence-corrected chi connectivity index (χ3v) is 5.09. The Morgan fingerprint density at radius 3 is 2.60 bits per heavy atom. The van der Waals surface area contributed by atoms with E-state index in [0.29, 0.717) is 12.2 Å². The summed E-state index contributed by atoms with van der Waals surface area (Å²) < 4.78 is 16.5. The normalized spacial score (nSPS) is 26.4. The Morgan fingerprint density at radius 1 is 1.16 bits per heavy atom. The van der Waals surface area contributed by atoms with Gasteiger partial charge in [-0.05, 0) is 29.1 Å². The van der Waals surface area contributed by atoms with Gasteiger partial charge in [0, 0.05) is 12.8 Å². The first-order chi connectivity index (χ1) is 12.1. The third kappa shape index (κ3) is 4.31. The highest BCUT2D eigenvalue weighted by atomic mass is 32.1. The Kier molecular flexibility index (Phi) is 5.93. The summed E-state index contributed by atoms with van der Waals surface area (Å²) in [6.07, 6.45) is -2.73. The number of hydrogen-bond acceptors (Lipinski definition) is 7. The molecule has 1 saturated heterocycles. The van der Waals surface area contributed by atoms with Crippen LogP contribution in [0.1, 0.15) is 16.9 Å². The van der Waals surface area contributed by atoms with Gasteiger partial charge in [0.05, 0.1) is 24.7 Å². The van der Waals surface area contributed by atoms with Crippen molar-refractivity contribution in [3.8, 4) is 11.5 Å². The molecule has 0 saturated carbocycles. The molecule has 6 nitrogen and oxygen atoms in total. The second-order valence-electron chi connectivity index (χ2n) is 5.95. The van der Waals surface area contributed by atoms with Crippen molar-refractivity contribution in [1.29, 1.82) is 0 Å². The fourth-order valence-corrected chi connectivity index (χ4v) is 3.59. The van der Waals surface area contributed by atoms with Crippen molar-refractivity contribution < 1.29 is 29.5 Å². The van der Waals surface area contributed by atoms with E-state index in [2.05, 4.69) is 0 Å². The summed E-state index contributed by atoms with van der Waals surface area (Å²) in [7, 11) is 1.63. The lowest BCUT2D eigenvalue weighted by Crippen LogP contribution is -2.51. The van der Waals surface area contributed by atoms with Crippen molar-refractivity contribution in [3.05, 3.63) is 46.2 Å². The van der Waals surface area contributed by atoms with Crippen LogP contribution in [0.2, 0.25) is 0 Å². The lowest BCUT2D eigenvalue weighted by molar-refractivity contribution is -0.240. The van der Waals surface area contributed by atoms with Crippen LogP contribution in [0, 0.1) is 0 Å². The lowest BCUT2D eigenvalue weighted by Gasteiger charge is -2.36. The number of ether oxygens (including phenoxy) is 3. The summed E-state index contributed by atoms with van der Waals surface area (Å²) in [6.45, 7) is -0.323. The predicted molar refractivity (Wildman–Crippen MR) is 93.1 cm³/mol. The Hall–Kier alpha value is -1.64. The van der Waals surface area contributed by atoms with Crippen LogP contribution >= 0.6 is 11.3 Å². The quantitative estimate of drug-likeness (QED) is 0.719. The van der Waals surface area contributed by atoms with Crippen LogP contribution in [-0.2, 0) is 11.2 Å². The van der Waals surface area contributed by atoms with Gasteiger partial charge in [0.2, 0.25) is 6.29 Å². The monoisotopic (exact) mass is 366 g/mol. The Labute approximate surface area is 150 Å². The standard InChI is InChI=1S/C18H22O6S/c1-22-12-4-2-11(3-5-12)8-17-15(6-7-25-17)23-18-14(21)9-13(20)16(10-19)24-18/h2-7,13-14,16,18-21H,8-10H2,1H3/t13-,14+,16-,18?/m1/s1. The van der Waals surface area contributed by atoms with Crippen LogP contribution in [0.5, 0.6) is 11.5 Å². The first-order valence-electron chi connectivity index (χ1n) is 8.09. The zero-order chi connectivity index (χ0) is 17.8. The molecule has 0 radical (unpaired) electrons. The lowest BCUT2D eigenvalue weighted by atomic mass is 10.0. The molecule has 136 valence electrons. The summed E-state index contributed by atoms with van der Waals surface area (Å²) >= 11 is 1.56. The van der Waals surface area contributed by atoms with Crippen molar-refractivity contribution in [2.45, 2.75) is 37.4 Å². The predicted octanol–water partition coefficient (Wildman–Crippen LogP) is 1.56. The van der Waals surface area contributed by atoms with E-state index in [1.807, 2.05) is 35.7 Å². The van der Waals surface area contributed by atoms with Gasteiger partial charge in [-0.15, -0.1) is 11.3 Å². The summed E-state index contributed by atoms with van der Waals surface area (Å²) in [4.78, 5) is 1.01. The van der Waals surface area contributed by atoms with Gasteiger partial charge >= 0.3 is 0 Å². The summed E-state index contributed by atoms with van der Waals surface area (Å²) in [5, 5.41) is 31.0. The molecule has 1 aromatic carbocycles. The van der Waals surface area contributed by atoms with Gasteiger partial charge in [-0.2, -0.15) is 0 Å². The average molecular weight is 366 g/mol. The van der Waals surface area contributed by atoms with E-state index in [-0.39, 0.29) is 13.0 Å². The number of rotatable bonds is 6. The fourth-order valence-electron chi connectivity index (χ4n) is 2.75. The topological polar surface area (TPSA) is 88.4 Å². The molecule has 0 amide bonds. The van der Waals surface area contributed by atoms with E-state index in [1.165, 1.54) is 0 Å². The molecule has 0 spiro atoms. The van der Waals surface area contributed by atoms with Crippen LogP contribution in [0.15, 0.2) is 35.7 Å². The second-order valence-corrected chi connectivity index (χ2v) is 6.95. The van der Waals surface area contributed by atoms with E-state index in [9.17, 15) is 15.3 Å². The maximum absolute atomic E-state index is 10.1. The van der Waals surface area contributed by atoms with E-state index < -0.39 is 24.6 Å². The smallest absolute Gasteiger partial charge is 0.226 e.